The Labute approximate surface area is 113 Å². The number of aromatic nitrogens is 1. The van der Waals surface area contributed by atoms with E-state index in [-0.39, 0.29) is 11.9 Å². The van der Waals surface area contributed by atoms with Crippen molar-refractivity contribution in [3.8, 4) is 0 Å². The average molecular weight is 266 g/mol. The first-order valence-corrected chi connectivity index (χ1v) is 6.36. The lowest BCUT2D eigenvalue weighted by molar-refractivity contribution is 0.0613. The standard InChI is InChI=1S/C13H22N4O2/c1-4-10(2)17(7-8-19-3)13(18)11-5-6-12(16-14)15-9-11/h5-6,9-10H,4,7-8,14H2,1-3H3,(H,15,16). The van der Waals surface area contributed by atoms with Crippen LogP contribution in [0, 0.1) is 0 Å². The Hall–Kier alpha value is -1.66. The van der Waals surface area contributed by atoms with Gasteiger partial charge < -0.3 is 15.1 Å². The third-order valence-corrected chi connectivity index (χ3v) is 3.08. The second-order valence-corrected chi connectivity index (χ2v) is 4.33. The molecule has 1 aromatic heterocycles. The van der Waals surface area contributed by atoms with Crippen LogP contribution in [-0.2, 0) is 4.74 Å². The molecule has 1 heterocycles. The molecule has 0 spiro atoms. The zero-order valence-corrected chi connectivity index (χ0v) is 11.7. The smallest absolute Gasteiger partial charge is 0.255 e. The monoisotopic (exact) mass is 266 g/mol. The number of nitrogens with zero attached hydrogens (tertiary/aromatic N) is 2. The van der Waals surface area contributed by atoms with E-state index in [1.165, 1.54) is 6.20 Å². The van der Waals surface area contributed by atoms with Crippen LogP contribution in [0.2, 0.25) is 0 Å². The van der Waals surface area contributed by atoms with Crippen molar-refractivity contribution in [2.75, 3.05) is 25.7 Å². The minimum atomic E-state index is -0.0394. The van der Waals surface area contributed by atoms with Gasteiger partial charge in [0.25, 0.3) is 5.91 Å². The highest BCUT2D eigenvalue weighted by atomic mass is 16.5. The molecule has 106 valence electrons. The summed E-state index contributed by atoms with van der Waals surface area (Å²) >= 11 is 0. The molecular weight excluding hydrogens is 244 g/mol. The highest BCUT2D eigenvalue weighted by molar-refractivity contribution is 5.94. The Kier molecular flexibility index (Phi) is 6.24. The SMILES string of the molecule is CCC(C)N(CCOC)C(=O)c1ccc(NN)nc1. The number of nitrogens with two attached hydrogens (primary N) is 1. The summed E-state index contributed by atoms with van der Waals surface area (Å²) < 4.78 is 5.05. The van der Waals surface area contributed by atoms with E-state index < -0.39 is 0 Å². The number of pyridine rings is 1. The van der Waals surface area contributed by atoms with Crippen LogP contribution in [0.3, 0.4) is 0 Å². The Balaban J connectivity index is 2.84. The Bertz CT molecular complexity index is 394. The van der Waals surface area contributed by atoms with Crippen molar-refractivity contribution in [3.63, 3.8) is 0 Å². The van der Waals surface area contributed by atoms with E-state index in [0.717, 1.165) is 6.42 Å². The first-order chi connectivity index (χ1) is 9.13. The van der Waals surface area contributed by atoms with Gasteiger partial charge in [0.05, 0.1) is 12.2 Å². The Morgan fingerprint density at radius 3 is 2.79 bits per heavy atom. The third kappa shape index (κ3) is 4.18. The number of nitrogens with one attached hydrogen (secondary N) is 1. The molecule has 6 nitrogen and oxygen atoms in total. The van der Waals surface area contributed by atoms with Crippen molar-refractivity contribution in [1.29, 1.82) is 0 Å². The quantitative estimate of drug-likeness (QED) is 0.573. The average Bonchev–Trinajstić information content (AvgIpc) is 2.47. The van der Waals surface area contributed by atoms with E-state index in [2.05, 4.69) is 17.3 Å². The molecule has 0 saturated heterocycles. The molecule has 1 aromatic rings. The van der Waals surface area contributed by atoms with Crippen molar-refractivity contribution in [3.05, 3.63) is 23.9 Å². The van der Waals surface area contributed by atoms with E-state index in [4.69, 9.17) is 10.6 Å². The molecule has 0 fully saturated rings. The van der Waals surface area contributed by atoms with Gasteiger partial charge in [0.2, 0.25) is 0 Å². The molecule has 6 heteroatoms. The number of hydrogen-bond donors (Lipinski definition) is 2. The maximum atomic E-state index is 12.4. The molecule has 1 rings (SSSR count). The number of carbonyl (C=O) groups excluding carboxylic acids is 1. The van der Waals surface area contributed by atoms with Gasteiger partial charge >= 0.3 is 0 Å². The summed E-state index contributed by atoms with van der Waals surface area (Å²) in [4.78, 5) is 18.3. The second-order valence-electron chi connectivity index (χ2n) is 4.33. The summed E-state index contributed by atoms with van der Waals surface area (Å²) in [6.07, 6.45) is 2.42. The van der Waals surface area contributed by atoms with Crippen LogP contribution >= 0.6 is 0 Å². The fourth-order valence-electron chi connectivity index (χ4n) is 1.70. The van der Waals surface area contributed by atoms with Crippen molar-refractivity contribution < 1.29 is 9.53 Å². The molecule has 0 radical (unpaired) electrons. The maximum Gasteiger partial charge on any atom is 0.255 e. The molecular formula is C13H22N4O2. The van der Waals surface area contributed by atoms with Gasteiger partial charge in [-0.2, -0.15) is 0 Å². The van der Waals surface area contributed by atoms with Crippen molar-refractivity contribution in [1.82, 2.24) is 9.88 Å². The van der Waals surface area contributed by atoms with Crippen LogP contribution < -0.4 is 11.3 Å². The largest absolute Gasteiger partial charge is 0.383 e. The topological polar surface area (TPSA) is 80.5 Å². The van der Waals surface area contributed by atoms with E-state index in [9.17, 15) is 4.79 Å². The first kappa shape index (κ1) is 15.4. The number of hydrogen-bond acceptors (Lipinski definition) is 5. The van der Waals surface area contributed by atoms with Crippen LogP contribution in [0.5, 0.6) is 0 Å². The number of methoxy groups -OCH3 is 1. The van der Waals surface area contributed by atoms with Crippen LogP contribution in [0.1, 0.15) is 30.6 Å². The van der Waals surface area contributed by atoms with Gasteiger partial charge in [0.15, 0.2) is 0 Å². The lowest BCUT2D eigenvalue weighted by atomic mass is 10.1. The second kappa shape index (κ2) is 7.70. The maximum absolute atomic E-state index is 12.4. The predicted octanol–water partition coefficient (Wildman–Crippen LogP) is 1.25. The van der Waals surface area contributed by atoms with Gasteiger partial charge in [-0.3, -0.25) is 4.79 Å². The van der Waals surface area contributed by atoms with Gasteiger partial charge in [-0.05, 0) is 25.5 Å². The summed E-state index contributed by atoms with van der Waals surface area (Å²) in [5, 5.41) is 0. The predicted molar refractivity (Wildman–Crippen MR) is 74.7 cm³/mol. The van der Waals surface area contributed by atoms with E-state index >= 15 is 0 Å². The van der Waals surface area contributed by atoms with E-state index in [1.54, 1.807) is 24.1 Å². The summed E-state index contributed by atoms with van der Waals surface area (Å²) in [6.45, 7) is 5.17. The first-order valence-electron chi connectivity index (χ1n) is 6.36. The molecule has 1 unspecified atom stereocenters. The van der Waals surface area contributed by atoms with Crippen LogP contribution in [0.25, 0.3) is 0 Å². The molecule has 0 saturated carbocycles. The zero-order valence-electron chi connectivity index (χ0n) is 11.7. The highest BCUT2D eigenvalue weighted by Crippen LogP contribution is 2.11. The molecule has 0 bridgehead atoms. The number of nitrogen functional groups attached to an aromatic ring is 1. The van der Waals surface area contributed by atoms with Crippen LogP contribution in [-0.4, -0.2) is 42.1 Å². The molecule has 1 atom stereocenters. The molecule has 3 N–H and O–H groups in total. The number of carbonyl (C=O) groups is 1. The number of ether oxygens (including phenoxy) is 1. The van der Waals surface area contributed by atoms with Crippen LogP contribution in [0.15, 0.2) is 18.3 Å². The minimum Gasteiger partial charge on any atom is -0.383 e. The van der Waals surface area contributed by atoms with Gasteiger partial charge in [-0.25, -0.2) is 10.8 Å². The van der Waals surface area contributed by atoms with E-state index in [0.29, 0.717) is 24.5 Å². The van der Waals surface area contributed by atoms with Crippen molar-refractivity contribution in [2.45, 2.75) is 26.3 Å². The summed E-state index contributed by atoms with van der Waals surface area (Å²) in [6, 6.07) is 3.56. The highest BCUT2D eigenvalue weighted by Gasteiger charge is 2.20. The molecule has 0 aromatic carbocycles. The minimum absolute atomic E-state index is 0.0394. The van der Waals surface area contributed by atoms with E-state index in [1.807, 2.05) is 6.92 Å². The molecule has 19 heavy (non-hydrogen) atoms. The Morgan fingerprint density at radius 1 is 1.58 bits per heavy atom. The van der Waals surface area contributed by atoms with Gasteiger partial charge in [-0.15, -0.1) is 0 Å². The van der Waals surface area contributed by atoms with Crippen molar-refractivity contribution in [2.24, 2.45) is 5.84 Å². The number of hydrazine groups is 1. The third-order valence-electron chi connectivity index (χ3n) is 3.08. The number of anilines is 1. The van der Waals surface area contributed by atoms with Crippen molar-refractivity contribution >= 4 is 11.7 Å². The summed E-state index contributed by atoms with van der Waals surface area (Å²) in [5.74, 6) is 5.74. The van der Waals surface area contributed by atoms with Crippen LogP contribution in [0.4, 0.5) is 5.82 Å². The normalized spacial score (nSPS) is 12.0. The summed E-state index contributed by atoms with van der Waals surface area (Å²) in [5.41, 5.74) is 2.99. The summed E-state index contributed by atoms with van der Waals surface area (Å²) in [7, 11) is 1.63. The van der Waals surface area contributed by atoms with Gasteiger partial charge in [-0.1, -0.05) is 6.92 Å². The fraction of sp³-hybridized carbons (Fsp3) is 0.538. The number of rotatable bonds is 7. The Morgan fingerprint density at radius 2 is 2.32 bits per heavy atom. The molecule has 1 amide bonds. The van der Waals surface area contributed by atoms with Gasteiger partial charge in [0.1, 0.15) is 5.82 Å². The molecule has 0 aliphatic heterocycles. The fourth-order valence-corrected chi connectivity index (χ4v) is 1.70. The molecule has 0 aliphatic carbocycles. The molecule has 0 aliphatic rings. The van der Waals surface area contributed by atoms with Gasteiger partial charge in [0, 0.05) is 25.9 Å². The number of amides is 1. The zero-order chi connectivity index (χ0) is 14.3. The lowest BCUT2D eigenvalue weighted by Crippen LogP contribution is -2.40. The lowest BCUT2D eigenvalue weighted by Gasteiger charge is -2.28.